The molecule has 0 aromatic heterocycles. The molecule has 0 saturated heterocycles. The molecule has 4 heteroatoms. The van der Waals surface area contributed by atoms with Gasteiger partial charge in [-0.1, -0.05) is 0 Å². The number of benzene rings is 4. The summed E-state index contributed by atoms with van der Waals surface area (Å²) >= 11 is -0.953. The molecule has 2 atom stereocenters. The Kier molecular flexibility index (Phi) is 11.4. The van der Waals surface area contributed by atoms with Gasteiger partial charge in [0.25, 0.3) is 0 Å². The summed E-state index contributed by atoms with van der Waals surface area (Å²) in [6, 6.07) is 33.8. The summed E-state index contributed by atoms with van der Waals surface area (Å²) in [5.41, 5.74) is 18.9. The second-order valence-corrected chi connectivity index (χ2v) is 23.0. The molecular weight excluding hydrogens is 719 g/mol. The van der Waals surface area contributed by atoms with Gasteiger partial charge in [0.05, 0.1) is 0 Å². The van der Waals surface area contributed by atoms with E-state index in [0.29, 0.717) is 19.1 Å². The second-order valence-electron chi connectivity index (χ2n) is 15.1. The maximum atomic E-state index is 2.73. The van der Waals surface area contributed by atoms with Gasteiger partial charge in [-0.3, -0.25) is 0 Å². The third-order valence-electron chi connectivity index (χ3n) is 11.1. The Balaban J connectivity index is 0.00000225. The molecule has 7 rings (SSSR count). The van der Waals surface area contributed by atoms with Crippen molar-refractivity contribution in [1.82, 2.24) is 0 Å². The fraction of sp³-hybridized carbons (Fsp3) is 0.364. The van der Waals surface area contributed by atoms with Gasteiger partial charge in [0, 0.05) is 0 Å². The molecule has 2 aliphatic carbocycles. The van der Waals surface area contributed by atoms with Gasteiger partial charge in [-0.05, 0) is 0 Å². The standard InChI is InChI=1S/C44H50Si.2ClH.Zr/c1-9-13-37-27-35-15-11-17-39(33-23-19-31(20-24-33)29(3)4)41(35)43(37)45(7,8)44-38(14-10-2)28-36-16-12-18-40(42(36)44)34-25-21-32(22-26-34)30(5)6;;;/h11-12,15-30H,9-10,13-14H2,1-8H3;2*1H;/q;;;+2/p-2. The molecule has 2 unspecified atom stereocenters. The van der Waals surface area contributed by atoms with E-state index in [1.54, 1.807) is 32.6 Å². The van der Waals surface area contributed by atoms with Crippen LogP contribution in [0.2, 0.25) is 13.1 Å². The Morgan fingerprint density at radius 2 is 0.938 bits per heavy atom. The summed E-state index contributed by atoms with van der Waals surface area (Å²) < 4.78 is 1.35. The van der Waals surface area contributed by atoms with Gasteiger partial charge in [0.15, 0.2) is 0 Å². The number of halogens is 2. The van der Waals surface area contributed by atoms with E-state index in [1.807, 2.05) is 11.1 Å². The summed E-state index contributed by atoms with van der Waals surface area (Å²) in [7, 11) is -2.15. The molecule has 0 fully saturated rings. The molecule has 0 nitrogen and oxygen atoms in total. The van der Waals surface area contributed by atoms with Crippen LogP contribution in [0.3, 0.4) is 0 Å². The van der Waals surface area contributed by atoms with Crippen LogP contribution in [0, 0.1) is 0 Å². The SMILES string of the molecule is CCCC1=C2c3c(-c4ccc(C(C)C)cc4)cccc3[CH]1[Zr+2][CH]1C(CCC)=C(c3c(-c4ccc(C(C)C)cc4)cccc31)[Si]2(C)C.[Cl-].[Cl-]. The molecule has 1 aliphatic heterocycles. The van der Waals surface area contributed by atoms with E-state index < -0.39 is 31.3 Å². The third-order valence-corrected chi connectivity index (χ3v) is 19.6. The van der Waals surface area contributed by atoms with Crippen molar-refractivity contribution in [3.05, 3.63) is 129 Å². The maximum Gasteiger partial charge on any atom is -1.00 e. The van der Waals surface area contributed by atoms with Crippen molar-refractivity contribution >= 4 is 18.5 Å². The first-order chi connectivity index (χ1) is 22.2. The summed E-state index contributed by atoms with van der Waals surface area (Å²) in [6.45, 7) is 19.5. The van der Waals surface area contributed by atoms with Gasteiger partial charge in [0.1, 0.15) is 0 Å². The molecule has 0 N–H and O–H groups in total. The van der Waals surface area contributed by atoms with Crippen molar-refractivity contribution in [2.24, 2.45) is 0 Å². The van der Waals surface area contributed by atoms with E-state index in [-0.39, 0.29) is 24.8 Å². The molecule has 3 aliphatic rings. The van der Waals surface area contributed by atoms with Gasteiger partial charge in [-0.15, -0.1) is 0 Å². The zero-order valence-corrected chi connectivity index (χ0v) is 34.9. The van der Waals surface area contributed by atoms with Gasteiger partial charge in [0.2, 0.25) is 0 Å². The summed E-state index contributed by atoms with van der Waals surface area (Å²) in [4.78, 5) is 0. The molecular formula is C44H50Cl2SiZr. The fourth-order valence-electron chi connectivity index (χ4n) is 8.92. The van der Waals surface area contributed by atoms with Crippen LogP contribution in [0.1, 0.15) is 120 Å². The molecule has 1 heterocycles. The predicted octanol–water partition coefficient (Wildman–Crippen LogP) is 7.08. The van der Waals surface area contributed by atoms with E-state index in [4.69, 9.17) is 0 Å². The minimum absolute atomic E-state index is 0. The summed E-state index contributed by atoms with van der Waals surface area (Å²) in [5.74, 6) is 1.10. The van der Waals surface area contributed by atoms with Crippen LogP contribution in [0.5, 0.6) is 0 Å². The van der Waals surface area contributed by atoms with Crippen molar-refractivity contribution in [1.29, 1.82) is 0 Å². The average Bonchev–Trinajstić information content (AvgIpc) is 3.55. The smallest absolute Gasteiger partial charge is 1.00 e. The van der Waals surface area contributed by atoms with Crippen LogP contribution in [0.15, 0.2) is 96.1 Å². The first kappa shape index (κ1) is 37.3. The molecule has 4 bridgehead atoms. The molecule has 0 radical (unpaired) electrons. The summed E-state index contributed by atoms with van der Waals surface area (Å²) in [6.07, 6.45) is 4.97. The van der Waals surface area contributed by atoms with Gasteiger partial charge in [-0.25, -0.2) is 0 Å². The monoisotopic (exact) mass is 766 g/mol. The minimum Gasteiger partial charge on any atom is -1.00 e. The molecule has 0 spiro atoms. The van der Waals surface area contributed by atoms with E-state index in [1.165, 1.54) is 59.1 Å². The third kappa shape index (κ3) is 6.06. The summed E-state index contributed by atoms with van der Waals surface area (Å²) in [5, 5.41) is 3.61. The van der Waals surface area contributed by atoms with Crippen molar-refractivity contribution < 1.29 is 48.0 Å². The Morgan fingerprint density at radius 1 is 0.562 bits per heavy atom. The maximum absolute atomic E-state index is 2.73. The van der Waals surface area contributed by atoms with E-state index in [0.717, 1.165) is 0 Å². The Labute approximate surface area is 315 Å². The number of fused-ring (bicyclic) bond motifs is 8. The normalized spacial score (nSPS) is 18.4. The molecule has 4 aromatic carbocycles. The largest absolute Gasteiger partial charge is 1.00 e. The van der Waals surface area contributed by atoms with Crippen LogP contribution in [-0.2, 0) is 23.2 Å². The van der Waals surface area contributed by atoms with Crippen molar-refractivity contribution in [2.75, 3.05) is 0 Å². The van der Waals surface area contributed by atoms with Crippen LogP contribution in [0.25, 0.3) is 32.6 Å². The Morgan fingerprint density at radius 3 is 1.27 bits per heavy atom. The van der Waals surface area contributed by atoms with Gasteiger partial charge >= 0.3 is 293 Å². The molecule has 48 heavy (non-hydrogen) atoms. The Hall–Kier alpha value is -1.96. The van der Waals surface area contributed by atoms with Crippen molar-refractivity contribution in [2.45, 2.75) is 99.4 Å². The van der Waals surface area contributed by atoms with E-state index >= 15 is 0 Å². The average molecular weight is 769 g/mol. The Bertz CT molecular complexity index is 1730. The minimum atomic E-state index is -2.15. The fourth-order valence-corrected chi connectivity index (χ4v) is 19.1. The van der Waals surface area contributed by atoms with Gasteiger partial charge in [-0.2, -0.15) is 0 Å². The molecule has 4 aromatic rings. The van der Waals surface area contributed by atoms with Crippen LogP contribution in [0.4, 0.5) is 0 Å². The van der Waals surface area contributed by atoms with Crippen LogP contribution >= 0.6 is 0 Å². The van der Waals surface area contributed by atoms with Crippen molar-refractivity contribution in [3.63, 3.8) is 0 Å². The number of hydrogen-bond acceptors (Lipinski definition) is 0. The van der Waals surface area contributed by atoms with E-state index in [9.17, 15) is 0 Å². The number of allylic oxidation sites excluding steroid dienone is 2. The quantitative estimate of drug-likeness (QED) is 0.168. The first-order valence-corrected chi connectivity index (χ1v) is 23.7. The van der Waals surface area contributed by atoms with Crippen molar-refractivity contribution in [3.8, 4) is 22.3 Å². The number of hydrogen-bond donors (Lipinski definition) is 0. The molecule has 0 saturated carbocycles. The predicted molar refractivity (Wildman–Crippen MR) is 199 cm³/mol. The molecule has 248 valence electrons. The van der Waals surface area contributed by atoms with Crippen LogP contribution in [-0.4, -0.2) is 8.07 Å². The second kappa shape index (κ2) is 14.7. The number of rotatable bonds is 8. The zero-order chi connectivity index (χ0) is 32.3. The van der Waals surface area contributed by atoms with Crippen LogP contribution < -0.4 is 24.8 Å². The topological polar surface area (TPSA) is 0 Å². The van der Waals surface area contributed by atoms with E-state index in [2.05, 4.69) is 140 Å². The first-order valence-electron chi connectivity index (χ1n) is 17.9. The zero-order valence-electron chi connectivity index (χ0n) is 30.0. The van der Waals surface area contributed by atoms with Gasteiger partial charge < -0.3 is 24.8 Å². The molecule has 0 amide bonds.